The van der Waals surface area contributed by atoms with Crippen molar-refractivity contribution in [3.8, 4) is 0 Å². The summed E-state index contributed by atoms with van der Waals surface area (Å²) in [5.41, 5.74) is 1.98. The molecule has 114 valence electrons. The Morgan fingerprint density at radius 1 is 1.00 bits per heavy atom. The second-order valence-electron chi connectivity index (χ2n) is 4.64. The smallest absolute Gasteiger partial charge is 0.414 e. The van der Waals surface area contributed by atoms with Crippen molar-refractivity contribution in [1.29, 1.82) is 0 Å². The van der Waals surface area contributed by atoms with E-state index in [9.17, 15) is 9.59 Å². The molecule has 22 heavy (non-hydrogen) atoms. The molecular weight excluding hydrogens is 282 g/mol. The minimum atomic E-state index is -0.463. The molecule has 0 aliphatic rings. The average molecular weight is 299 g/mol. The lowest BCUT2D eigenvalue weighted by Crippen LogP contribution is -2.26. The number of ether oxygens (including phenoxy) is 2. The third kappa shape index (κ3) is 3.85. The fourth-order valence-electron chi connectivity index (χ4n) is 1.86. The van der Waals surface area contributed by atoms with Crippen molar-refractivity contribution >= 4 is 17.7 Å². The Morgan fingerprint density at radius 3 is 2.23 bits per heavy atom. The van der Waals surface area contributed by atoms with Gasteiger partial charge in [0.1, 0.15) is 6.61 Å². The van der Waals surface area contributed by atoms with Crippen LogP contribution in [0.5, 0.6) is 0 Å². The van der Waals surface area contributed by atoms with Crippen LogP contribution in [0.4, 0.5) is 10.5 Å². The lowest BCUT2D eigenvalue weighted by Gasteiger charge is -2.17. The van der Waals surface area contributed by atoms with Gasteiger partial charge < -0.3 is 9.47 Å². The first kappa shape index (κ1) is 15.6. The maximum atomic E-state index is 12.0. The van der Waals surface area contributed by atoms with E-state index in [0.717, 1.165) is 5.56 Å². The molecule has 5 nitrogen and oxygen atoms in total. The number of carbonyl (C=O) groups excluding carboxylic acids is 2. The van der Waals surface area contributed by atoms with Gasteiger partial charge in [0.15, 0.2) is 0 Å². The van der Waals surface area contributed by atoms with Crippen LogP contribution in [0.2, 0.25) is 0 Å². The SMILES string of the molecule is COC(=O)c1ccc(N(C)C(=O)OCc2ccccc2)cc1. The predicted molar refractivity (Wildman–Crippen MR) is 82.8 cm³/mol. The van der Waals surface area contributed by atoms with E-state index >= 15 is 0 Å². The summed E-state index contributed by atoms with van der Waals surface area (Å²) in [4.78, 5) is 24.7. The topological polar surface area (TPSA) is 55.8 Å². The number of rotatable bonds is 4. The molecule has 0 unspecified atom stereocenters. The Kier molecular flexibility index (Phi) is 5.14. The van der Waals surface area contributed by atoms with E-state index < -0.39 is 12.1 Å². The number of anilines is 1. The van der Waals surface area contributed by atoms with E-state index in [1.807, 2.05) is 30.3 Å². The van der Waals surface area contributed by atoms with Gasteiger partial charge in [-0.15, -0.1) is 0 Å². The normalized spacial score (nSPS) is 9.91. The number of carbonyl (C=O) groups is 2. The van der Waals surface area contributed by atoms with Crippen molar-refractivity contribution in [1.82, 2.24) is 0 Å². The van der Waals surface area contributed by atoms with Crippen LogP contribution in [0, 0.1) is 0 Å². The van der Waals surface area contributed by atoms with Crippen LogP contribution >= 0.6 is 0 Å². The molecule has 1 amide bonds. The first-order chi connectivity index (χ1) is 10.6. The summed E-state index contributed by atoms with van der Waals surface area (Å²) in [6.45, 7) is 0.213. The molecule has 0 radical (unpaired) electrons. The van der Waals surface area contributed by atoms with Gasteiger partial charge in [-0.25, -0.2) is 9.59 Å². The van der Waals surface area contributed by atoms with Crippen LogP contribution in [-0.4, -0.2) is 26.2 Å². The van der Waals surface area contributed by atoms with Crippen molar-refractivity contribution < 1.29 is 19.1 Å². The number of nitrogens with zero attached hydrogens (tertiary/aromatic N) is 1. The Bertz CT molecular complexity index is 637. The standard InChI is InChI=1S/C17H17NO4/c1-18(15-10-8-14(9-11-15)16(19)21-2)17(20)22-12-13-6-4-3-5-7-13/h3-11H,12H2,1-2H3. The summed E-state index contributed by atoms with van der Waals surface area (Å²) in [7, 11) is 2.93. The zero-order chi connectivity index (χ0) is 15.9. The first-order valence-corrected chi connectivity index (χ1v) is 6.74. The molecule has 5 heteroatoms. The van der Waals surface area contributed by atoms with E-state index in [2.05, 4.69) is 4.74 Å². The maximum Gasteiger partial charge on any atom is 0.414 e. The molecular formula is C17H17NO4. The highest BCUT2D eigenvalue weighted by Gasteiger charge is 2.13. The molecule has 0 heterocycles. The monoisotopic (exact) mass is 299 g/mol. The van der Waals surface area contributed by atoms with E-state index in [4.69, 9.17) is 4.74 Å². The van der Waals surface area contributed by atoms with Gasteiger partial charge >= 0.3 is 12.1 Å². The quantitative estimate of drug-likeness (QED) is 0.813. The maximum absolute atomic E-state index is 12.0. The molecule has 0 bridgehead atoms. The largest absolute Gasteiger partial charge is 0.465 e. The zero-order valence-corrected chi connectivity index (χ0v) is 12.5. The first-order valence-electron chi connectivity index (χ1n) is 6.74. The summed E-state index contributed by atoms with van der Waals surface area (Å²) in [5, 5.41) is 0. The van der Waals surface area contributed by atoms with E-state index in [1.54, 1.807) is 31.3 Å². The Labute approximate surface area is 129 Å². The third-order valence-corrected chi connectivity index (χ3v) is 3.15. The second-order valence-corrected chi connectivity index (χ2v) is 4.64. The third-order valence-electron chi connectivity index (χ3n) is 3.15. The van der Waals surface area contributed by atoms with E-state index in [-0.39, 0.29) is 6.61 Å². The number of esters is 1. The molecule has 0 N–H and O–H groups in total. The molecule has 0 saturated heterocycles. The summed E-state index contributed by atoms with van der Waals surface area (Å²) >= 11 is 0. The van der Waals surface area contributed by atoms with Crippen molar-refractivity contribution in [2.24, 2.45) is 0 Å². The molecule has 2 rings (SSSR count). The molecule has 0 aliphatic carbocycles. The molecule has 0 spiro atoms. The van der Waals surface area contributed by atoms with Gasteiger partial charge in [0.05, 0.1) is 12.7 Å². The molecule has 0 aliphatic heterocycles. The van der Waals surface area contributed by atoms with Crippen LogP contribution in [0.25, 0.3) is 0 Å². The summed E-state index contributed by atoms with van der Waals surface area (Å²) in [6, 6.07) is 16.0. The zero-order valence-electron chi connectivity index (χ0n) is 12.5. The van der Waals surface area contributed by atoms with Gasteiger partial charge in [-0.3, -0.25) is 4.90 Å². The number of amides is 1. The van der Waals surface area contributed by atoms with Crippen LogP contribution in [-0.2, 0) is 16.1 Å². The van der Waals surface area contributed by atoms with Gasteiger partial charge in [0.2, 0.25) is 0 Å². The fraction of sp³-hybridized carbons (Fsp3) is 0.176. The predicted octanol–water partition coefficient (Wildman–Crippen LogP) is 3.25. The number of hydrogen-bond donors (Lipinski definition) is 0. The van der Waals surface area contributed by atoms with Gasteiger partial charge in [0.25, 0.3) is 0 Å². The minimum Gasteiger partial charge on any atom is -0.465 e. The molecule has 0 aromatic heterocycles. The van der Waals surface area contributed by atoms with Crippen molar-refractivity contribution in [2.45, 2.75) is 6.61 Å². The van der Waals surface area contributed by atoms with Crippen LogP contribution < -0.4 is 4.90 Å². The van der Waals surface area contributed by atoms with E-state index in [0.29, 0.717) is 11.3 Å². The average Bonchev–Trinajstić information content (AvgIpc) is 2.59. The lowest BCUT2D eigenvalue weighted by molar-refractivity contribution is 0.0600. The number of hydrogen-bond acceptors (Lipinski definition) is 4. The number of benzene rings is 2. The van der Waals surface area contributed by atoms with Crippen LogP contribution in [0.15, 0.2) is 54.6 Å². The lowest BCUT2D eigenvalue weighted by atomic mass is 10.2. The molecule has 2 aromatic carbocycles. The second kappa shape index (κ2) is 7.26. The molecule has 0 atom stereocenters. The van der Waals surface area contributed by atoms with Crippen molar-refractivity contribution in [3.63, 3.8) is 0 Å². The van der Waals surface area contributed by atoms with Gasteiger partial charge in [-0.2, -0.15) is 0 Å². The van der Waals surface area contributed by atoms with Gasteiger partial charge in [-0.05, 0) is 29.8 Å². The highest BCUT2D eigenvalue weighted by atomic mass is 16.6. The van der Waals surface area contributed by atoms with Crippen molar-refractivity contribution in [2.75, 3.05) is 19.1 Å². The molecule has 0 saturated carbocycles. The van der Waals surface area contributed by atoms with Crippen LogP contribution in [0.1, 0.15) is 15.9 Å². The molecule has 0 fully saturated rings. The van der Waals surface area contributed by atoms with Crippen LogP contribution in [0.3, 0.4) is 0 Å². The Morgan fingerprint density at radius 2 is 1.64 bits per heavy atom. The van der Waals surface area contributed by atoms with Crippen molar-refractivity contribution in [3.05, 3.63) is 65.7 Å². The summed E-state index contributed by atoms with van der Waals surface area (Å²) < 4.78 is 9.87. The minimum absolute atomic E-state index is 0.213. The van der Waals surface area contributed by atoms with Gasteiger partial charge in [-0.1, -0.05) is 30.3 Å². The Balaban J connectivity index is 1.96. The summed E-state index contributed by atoms with van der Waals surface area (Å²) in [5.74, 6) is -0.416. The van der Waals surface area contributed by atoms with Gasteiger partial charge in [0, 0.05) is 12.7 Å². The van der Waals surface area contributed by atoms with E-state index in [1.165, 1.54) is 12.0 Å². The number of methoxy groups -OCH3 is 1. The molecule has 2 aromatic rings. The Hall–Kier alpha value is -2.82. The summed E-state index contributed by atoms with van der Waals surface area (Å²) in [6.07, 6.45) is -0.463. The highest BCUT2D eigenvalue weighted by Crippen LogP contribution is 2.16. The fourth-order valence-corrected chi connectivity index (χ4v) is 1.86. The highest BCUT2D eigenvalue weighted by molar-refractivity contribution is 5.91.